The van der Waals surface area contributed by atoms with E-state index in [4.69, 9.17) is 9.47 Å². The zero-order valence-electron chi connectivity index (χ0n) is 16.8. The molecule has 0 radical (unpaired) electrons. The second-order valence-corrected chi connectivity index (χ2v) is 6.74. The normalized spacial score (nSPS) is 15.5. The fourth-order valence-electron chi connectivity index (χ4n) is 3.06. The van der Waals surface area contributed by atoms with E-state index in [0.29, 0.717) is 22.6 Å². The summed E-state index contributed by atoms with van der Waals surface area (Å²) < 4.78 is 10.9. The zero-order chi connectivity index (χ0) is 22.4. The summed E-state index contributed by atoms with van der Waals surface area (Å²) in [6.07, 6.45) is 1.47. The predicted molar refractivity (Wildman–Crippen MR) is 112 cm³/mol. The van der Waals surface area contributed by atoms with Gasteiger partial charge in [-0.3, -0.25) is 10.1 Å². The van der Waals surface area contributed by atoms with Gasteiger partial charge in [-0.1, -0.05) is 24.8 Å². The molecule has 1 aliphatic heterocycles. The Labute approximate surface area is 178 Å². The molecular weight excluding hydrogens is 402 g/mol. The highest BCUT2D eigenvalue weighted by molar-refractivity contribution is 5.95. The fraction of sp³-hybridized carbons (Fsp3) is 0.182. The molecule has 0 fully saturated rings. The van der Waals surface area contributed by atoms with Gasteiger partial charge in [0.1, 0.15) is 19.0 Å². The van der Waals surface area contributed by atoms with Crippen LogP contribution in [0, 0.1) is 10.1 Å². The van der Waals surface area contributed by atoms with Crippen LogP contribution in [0.3, 0.4) is 0 Å². The van der Waals surface area contributed by atoms with E-state index in [0.717, 1.165) is 5.56 Å². The van der Waals surface area contributed by atoms with Crippen LogP contribution in [-0.4, -0.2) is 23.5 Å². The minimum absolute atomic E-state index is 0.0166. The summed E-state index contributed by atoms with van der Waals surface area (Å²) in [7, 11) is 0. The molecule has 2 aromatic rings. The number of carbonyl (C=O) groups is 2. The summed E-state index contributed by atoms with van der Waals surface area (Å²) in [6, 6.07) is 11.9. The van der Waals surface area contributed by atoms with Gasteiger partial charge >= 0.3 is 12.0 Å². The van der Waals surface area contributed by atoms with E-state index < -0.39 is 23.0 Å². The van der Waals surface area contributed by atoms with E-state index in [1.165, 1.54) is 18.2 Å². The summed E-state index contributed by atoms with van der Waals surface area (Å²) >= 11 is 0. The van der Waals surface area contributed by atoms with Crippen molar-refractivity contribution in [1.29, 1.82) is 0 Å². The topological polar surface area (TPSA) is 120 Å². The molecule has 2 N–H and O–H groups in total. The van der Waals surface area contributed by atoms with Gasteiger partial charge in [0.05, 0.1) is 16.5 Å². The van der Waals surface area contributed by atoms with Crippen LogP contribution in [0.1, 0.15) is 24.1 Å². The van der Waals surface area contributed by atoms with Crippen LogP contribution in [0.4, 0.5) is 10.5 Å². The van der Waals surface area contributed by atoms with Crippen molar-refractivity contribution in [2.75, 3.05) is 6.61 Å². The van der Waals surface area contributed by atoms with Gasteiger partial charge in [-0.2, -0.15) is 0 Å². The lowest BCUT2D eigenvalue weighted by atomic mass is 9.95. The number of nitro groups is 1. The van der Waals surface area contributed by atoms with E-state index >= 15 is 0 Å². The SMILES string of the molecule is C=CCOC(=O)C1=C(C)NC(=O)NC1c1ccc(OCc2ccc([N+](=O)[O-])cc2)cc1. The third-order valence-electron chi connectivity index (χ3n) is 4.59. The molecule has 2 aromatic carbocycles. The Hall–Kier alpha value is -4.14. The van der Waals surface area contributed by atoms with E-state index in [1.807, 2.05) is 0 Å². The van der Waals surface area contributed by atoms with Gasteiger partial charge in [0.2, 0.25) is 0 Å². The van der Waals surface area contributed by atoms with Gasteiger partial charge in [0.25, 0.3) is 5.69 Å². The number of nitrogens with zero attached hydrogens (tertiary/aromatic N) is 1. The average Bonchev–Trinajstić information content (AvgIpc) is 2.76. The molecule has 1 unspecified atom stereocenters. The van der Waals surface area contributed by atoms with Crippen LogP contribution in [0.5, 0.6) is 5.75 Å². The Balaban J connectivity index is 1.72. The summed E-state index contributed by atoms with van der Waals surface area (Å²) in [6.45, 7) is 5.46. The lowest BCUT2D eigenvalue weighted by Crippen LogP contribution is -2.45. The van der Waals surface area contributed by atoms with Gasteiger partial charge in [-0.15, -0.1) is 0 Å². The van der Waals surface area contributed by atoms with E-state index in [-0.39, 0.29) is 18.9 Å². The molecule has 1 aliphatic rings. The molecule has 1 heterocycles. The molecule has 0 saturated carbocycles. The van der Waals surface area contributed by atoms with Crippen LogP contribution in [0.25, 0.3) is 0 Å². The second-order valence-electron chi connectivity index (χ2n) is 6.74. The molecule has 2 amide bonds. The number of nitrogens with one attached hydrogen (secondary N) is 2. The first-order chi connectivity index (χ1) is 14.9. The van der Waals surface area contributed by atoms with Crippen molar-refractivity contribution in [3.8, 4) is 5.75 Å². The standard InChI is InChI=1S/C22H21N3O6/c1-3-12-30-21(26)19-14(2)23-22(27)24-20(19)16-6-10-18(11-7-16)31-13-15-4-8-17(9-5-15)25(28)29/h3-11,20H,1,12-13H2,2H3,(H2,23,24,27). The Morgan fingerprint density at radius 1 is 1.19 bits per heavy atom. The number of nitro benzene ring substituents is 1. The number of benzene rings is 2. The van der Waals surface area contributed by atoms with Crippen molar-refractivity contribution >= 4 is 17.7 Å². The first kappa shape index (κ1) is 21.6. The molecule has 31 heavy (non-hydrogen) atoms. The maximum absolute atomic E-state index is 12.5. The van der Waals surface area contributed by atoms with Crippen molar-refractivity contribution < 1.29 is 24.0 Å². The maximum atomic E-state index is 12.5. The molecular formula is C22H21N3O6. The first-order valence-electron chi connectivity index (χ1n) is 9.41. The Morgan fingerprint density at radius 2 is 1.87 bits per heavy atom. The Bertz CT molecular complexity index is 1030. The number of urea groups is 1. The monoisotopic (exact) mass is 423 g/mol. The van der Waals surface area contributed by atoms with Crippen molar-refractivity contribution in [1.82, 2.24) is 10.6 Å². The quantitative estimate of drug-likeness (QED) is 0.290. The van der Waals surface area contributed by atoms with Gasteiger partial charge in [-0.05, 0) is 42.3 Å². The summed E-state index contributed by atoms with van der Waals surface area (Å²) in [5.41, 5.74) is 2.21. The molecule has 0 bridgehead atoms. The van der Waals surface area contributed by atoms with Crippen molar-refractivity contribution in [2.24, 2.45) is 0 Å². The third-order valence-corrected chi connectivity index (χ3v) is 4.59. The number of carbonyl (C=O) groups excluding carboxylic acids is 2. The van der Waals surface area contributed by atoms with Crippen LogP contribution in [0.15, 0.2) is 72.5 Å². The smallest absolute Gasteiger partial charge is 0.338 e. The number of esters is 1. The molecule has 9 nitrogen and oxygen atoms in total. The van der Waals surface area contributed by atoms with Gasteiger partial charge in [0, 0.05) is 17.8 Å². The molecule has 9 heteroatoms. The number of hydrogen-bond donors (Lipinski definition) is 2. The predicted octanol–water partition coefficient (Wildman–Crippen LogP) is 3.53. The molecule has 0 spiro atoms. The third kappa shape index (κ3) is 5.27. The van der Waals surface area contributed by atoms with Crippen LogP contribution in [-0.2, 0) is 16.1 Å². The highest BCUT2D eigenvalue weighted by atomic mass is 16.6. The lowest BCUT2D eigenvalue weighted by Gasteiger charge is -2.28. The zero-order valence-corrected chi connectivity index (χ0v) is 16.8. The van der Waals surface area contributed by atoms with Crippen LogP contribution >= 0.6 is 0 Å². The van der Waals surface area contributed by atoms with Gasteiger partial charge < -0.3 is 20.1 Å². The lowest BCUT2D eigenvalue weighted by molar-refractivity contribution is -0.384. The van der Waals surface area contributed by atoms with Crippen LogP contribution in [0.2, 0.25) is 0 Å². The molecule has 0 saturated heterocycles. The number of amides is 2. The summed E-state index contributed by atoms with van der Waals surface area (Å²) in [4.78, 5) is 34.7. The number of ether oxygens (including phenoxy) is 2. The number of allylic oxidation sites excluding steroid dienone is 1. The van der Waals surface area contributed by atoms with Crippen LogP contribution < -0.4 is 15.4 Å². The van der Waals surface area contributed by atoms with Crippen molar-refractivity contribution in [2.45, 2.75) is 19.6 Å². The van der Waals surface area contributed by atoms with Gasteiger partial charge in [-0.25, -0.2) is 9.59 Å². The Morgan fingerprint density at radius 3 is 2.48 bits per heavy atom. The number of rotatable bonds is 8. The molecule has 160 valence electrons. The summed E-state index contributed by atoms with van der Waals surface area (Å²) in [5, 5.41) is 16.0. The van der Waals surface area contributed by atoms with E-state index in [9.17, 15) is 19.7 Å². The van der Waals surface area contributed by atoms with E-state index in [1.54, 1.807) is 43.3 Å². The highest BCUT2D eigenvalue weighted by Gasteiger charge is 2.32. The molecule has 0 aromatic heterocycles. The maximum Gasteiger partial charge on any atom is 0.338 e. The van der Waals surface area contributed by atoms with Crippen molar-refractivity contribution in [3.05, 3.63) is 93.7 Å². The summed E-state index contributed by atoms with van der Waals surface area (Å²) in [5.74, 6) is 0.0206. The first-order valence-corrected chi connectivity index (χ1v) is 9.41. The Kier molecular flexibility index (Phi) is 6.66. The van der Waals surface area contributed by atoms with E-state index in [2.05, 4.69) is 17.2 Å². The second kappa shape index (κ2) is 9.57. The fourth-order valence-corrected chi connectivity index (χ4v) is 3.06. The van der Waals surface area contributed by atoms with Gasteiger partial charge in [0.15, 0.2) is 0 Å². The van der Waals surface area contributed by atoms with Crippen molar-refractivity contribution in [3.63, 3.8) is 0 Å². The number of non-ortho nitro benzene ring substituents is 1. The minimum atomic E-state index is -0.671. The minimum Gasteiger partial charge on any atom is -0.489 e. The number of hydrogen-bond acceptors (Lipinski definition) is 6. The average molecular weight is 423 g/mol. The molecule has 1 atom stereocenters. The molecule has 3 rings (SSSR count). The largest absolute Gasteiger partial charge is 0.489 e. The molecule has 0 aliphatic carbocycles. The highest BCUT2D eigenvalue weighted by Crippen LogP contribution is 2.29.